The van der Waals surface area contributed by atoms with Gasteiger partial charge in [0.25, 0.3) is 5.91 Å². The van der Waals surface area contributed by atoms with Crippen molar-refractivity contribution in [1.82, 2.24) is 4.90 Å². The maximum Gasteiger partial charge on any atom is 0.342 e. The molecule has 7 heteroatoms. The molecule has 0 N–H and O–H groups in total. The molecule has 0 unspecified atom stereocenters. The summed E-state index contributed by atoms with van der Waals surface area (Å²) in [4.78, 5) is 26.4. The Morgan fingerprint density at radius 3 is 2.12 bits per heavy atom. The van der Waals surface area contributed by atoms with Crippen molar-refractivity contribution in [2.45, 2.75) is 25.7 Å². The molecule has 1 fully saturated rings. The van der Waals surface area contributed by atoms with Crippen molar-refractivity contribution < 1.29 is 28.5 Å². The largest absolute Gasteiger partial charge is 0.493 e. The molecule has 0 atom stereocenters. The predicted octanol–water partition coefficient (Wildman–Crippen LogP) is 2.27. The van der Waals surface area contributed by atoms with E-state index in [4.69, 9.17) is 18.9 Å². The number of carbonyl (C=O) groups is 2. The third kappa shape index (κ3) is 4.55. The minimum Gasteiger partial charge on any atom is -0.493 e. The van der Waals surface area contributed by atoms with Gasteiger partial charge >= 0.3 is 5.97 Å². The standard InChI is InChI=1S/C18H25NO6/c1-22-14-9-8-13(16(23-2)17(14)24-3)18(21)25-12-15(20)19-10-6-4-5-7-11-19/h8-9H,4-7,10-12H2,1-3H3. The third-order valence-corrected chi connectivity index (χ3v) is 4.21. The van der Waals surface area contributed by atoms with Gasteiger partial charge in [0.1, 0.15) is 5.56 Å². The summed E-state index contributed by atoms with van der Waals surface area (Å²) in [5, 5.41) is 0. The molecule has 0 bridgehead atoms. The molecule has 0 aliphatic carbocycles. The second-order valence-electron chi connectivity index (χ2n) is 5.75. The Morgan fingerprint density at radius 2 is 1.56 bits per heavy atom. The molecule has 7 nitrogen and oxygen atoms in total. The maximum absolute atomic E-state index is 12.4. The van der Waals surface area contributed by atoms with Crippen LogP contribution in [0.25, 0.3) is 0 Å². The fourth-order valence-electron chi connectivity index (χ4n) is 2.88. The van der Waals surface area contributed by atoms with Gasteiger partial charge in [0.15, 0.2) is 18.1 Å². The van der Waals surface area contributed by atoms with Crippen molar-refractivity contribution in [2.24, 2.45) is 0 Å². The number of rotatable bonds is 6. The van der Waals surface area contributed by atoms with E-state index in [9.17, 15) is 9.59 Å². The van der Waals surface area contributed by atoms with Crippen LogP contribution in [0.5, 0.6) is 17.2 Å². The first-order chi connectivity index (χ1) is 12.1. The van der Waals surface area contributed by atoms with Gasteiger partial charge in [-0.3, -0.25) is 4.79 Å². The summed E-state index contributed by atoms with van der Waals surface area (Å²) in [6.07, 6.45) is 4.24. The van der Waals surface area contributed by atoms with Crippen molar-refractivity contribution >= 4 is 11.9 Å². The fraction of sp³-hybridized carbons (Fsp3) is 0.556. The Bertz CT molecular complexity index is 608. The van der Waals surface area contributed by atoms with Gasteiger partial charge in [-0.05, 0) is 25.0 Å². The molecule has 1 aromatic carbocycles. The lowest BCUT2D eigenvalue weighted by atomic mass is 10.1. The zero-order valence-electron chi connectivity index (χ0n) is 15.0. The van der Waals surface area contributed by atoms with Gasteiger partial charge in [-0.15, -0.1) is 0 Å². The Morgan fingerprint density at radius 1 is 0.920 bits per heavy atom. The molecule has 0 saturated carbocycles. The minimum atomic E-state index is -0.638. The zero-order chi connectivity index (χ0) is 18.2. The van der Waals surface area contributed by atoms with Crippen LogP contribution in [0.3, 0.4) is 0 Å². The highest BCUT2D eigenvalue weighted by atomic mass is 16.5. The number of carbonyl (C=O) groups excluding carboxylic acids is 2. The van der Waals surface area contributed by atoms with E-state index < -0.39 is 5.97 Å². The van der Waals surface area contributed by atoms with Gasteiger partial charge in [-0.1, -0.05) is 12.8 Å². The number of benzene rings is 1. The van der Waals surface area contributed by atoms with E-state index >= 15 is 0 Å². The highest BCUT2D eigenvalue weighted by Crippen LogP contribution is 2.39. The van der Waals surface area contributed by atoms with Crippen LogP contribution < -0.4 is 14.2 Å². The van der Waals surface area contributed by atoms with Crippen LogP contribution in [0.15, 0.2) is 12.1 Å². The van der Waals surface area contributed by atoms with E-state index in [-0.39, 0.29) is 23.8 Å². The Kier molecular flexibility index (Phi) is 6.91. The lowest BCUT2D eigenvalue weighted by Gasteiger charge is -2.20. The Balaban J connectivity index is 2.06. The number of methoxy groups -OCH3 is 3. The summed E-state index contributed by atoms with van der Waals surface area (Å²) in [5.41, 5.74) is 0.184. The molecule has 1 aromatic rings. The predicted molar refractivity (Wildman–Crippen MR) is 91.4 cm³/mol. The molecule has 25 heavy (non-hydrogen) atoms. The minimum absolute atomic E-state index is 0.172. The van der Waals surface area contributed by atoms with Crippen molar-refractivity contribution in [3.63, 3.8) is 0 Å². The summed E-state index contributed by atoms with van der Waals surface area (Å²) < 4.78 is 20.9. The van der Waals surface area contributed by atoms with Crippen LogP contribution in [0, 0.1) is 0 Å². The van der Waals surface area contributed by atoms with E-state index in [1.807, 2.05) is 0 Å². The molecule has 1 aliphatic heterocycles. The highest BCUT2D eigenvalue weighted by molar-refractivity contribution is 5.95. The van der Waals surface area contributed by atoms with Gasteiger partial charge in [0.05, 0.1) is 21.3 Å². The van der Waals surface area contributed by atoms with E-state index in [0.29, 0.717) is 11.5 Å². The smallest absolute Gasteiger partial charge is 0.342 e. The highest BCUT2D eigenvalue weighted by Gasteiger charge is 2.23. The van der Waals surface area contributed by atoms with Crippen LogP contribution in [0.1, 0.15) is 36.0 Å². The van der Waals surface area contributed by atoms with Crippen LogP contribution in [-0.2, 0) is 9.53 Å². The monoisotopic (exact) mass is 351 g/mol. The fourth-order valence-corrected chi connectivity index (χ4v) is 2.88. The molecule has 1 heterocycles. The number of amides is 1. The van der Waals surface area contributed by atoms with Crippen molar-refractivity contribution in [3.8, 4) is 17.2 Å². The van der Waals surface area contributed by atoms with Gasteiger partial charge in [-0.25, -0.2) is 4.79 Å². The van der Waals surface area contributed by atoms with Gasteiger partial charge in [-0.2, -0.15) is 0 Å². The van der Waals surface area contributed by atoms with Crippen LogP contribution in [-0.4, -0.2) is 57.8 Å². The average molecular weight is 351 g/mol. The van der Waals surface area contributed by atoms with Crippen LogP contribution in [0.2, 0.25) is 0 Å². The first-order valence-electron chi connectivity index (χ1n) is 8.36. The number of hydrogen-bond donors (Lipinski definition) is 0. The summed E-state index contributed by atoms with van der Waals surface area (Å²) >= 11 is 0. The van der Waals surface area contributed by atoms with Crippen molar-refractivity contribution in [3.05, 3.63) is 17.7 Å². The van der Waals surface area contributed by atoms with Crippen molar-refractivity contribution in [1.29, 1.82) is 0 Å². The molecule has 0 spiro atoms. The number of ether oxygens (including phenoxy) is 4. The van der Waals surface area contributed by atoms with Crippen LogP contribution >= 0.6 is 0 Å². The van der Waals surface area contributed by atoms with Gasteiger partial charge in [0, 0.05) is 13.1 Å². The number of likely N-dealkylation sites (tertiary alicyclic amines) is 1. The van der Waals surface area contributed by atoms with Gasteiger partial charge < -0.3 is 23.8 Å². The second-order valence-corrected chi connectivity index (χ2v) is 5.75. The number of nitrogens with zero attached hydrogens (tertiary/aromatic N) is 1. The quantitative estimate of drug-likeness (QED) is 0.732. The molecule has 138 valence electrons. The number of hydrogen-bond acceptors (Lipinski definition) is 6. The van der Waals surface area contributed by atoms with E-state index in [0.717, 1.165) is 38.8 Å². The molecular formula is C18H25NO6. The molecule has 1 aliphatic rings. The normalized spacial score (nSPS) is 14.4. The topological polar surface area (TPSA) is 74.3 Å². The second kappa shape index (κ2) is 9.15. The SMILES string of the molecule is COc1ccc(C(=O)OCC(=O)N2CCCCCC2)c(OC)c1OC. The third-order valence-electron chi connectivity index (χ3n) is 4.21. The number of esters is 1. The molecule has 2 rings (SSSR count). The summed E-state index contributed by atoms with van der Waals surface area (Å²) in [6.45, 7) is 1.16. The zero-order valence-corrected chi connectivity index (χ0v) is 15.0. The molecular weight excluding hydrogens is 326 g/mol. The molecule has 0 aromatic heterocycles. The first-order valence-corrected chi connectivity index (χ1v) is 8.36. The molecule has 1 saturated heterocycles. The van der Waals surface area contributed by atoms with Gasteiger partial charge in [0.2, 0.25) is 5.75 Å². The summed E-state index contributed by atoms with van der Waals surface area (Å²) in [5.74, 6) is 0.152. The lowest BCUT2D eigenvalue weighted by molar-refractivity contribution is -0.134. The van der Waals surface area contributed by atoms with E-state index in [2.05, 4.69) is 0 Å². The first kappa shape index (κ1) is 18.9. The summed E-state index contributed by atoms with van der Waals surface area (Å²) in [7, 11) is 4.38. The molecule has 1 amide bonds. The Hall–Kier alpha value is -2.44. The Labute approximate surface area is 147 Å². The molecule has 0 radical (unpaired) electrons. The van der Waals surface area contributed by atoms with Crippen molar-refractivity contribution in [2.75, 3.05) is 41.0 Å². The average Bonchev–Trinajstić information content (AvgIpc) is 2.93. The van der Waals surface area contributed by atoms with E-state index in [1.165, 1.54) is 27.4 Å². The maximum atomic E-state index is 12.4. The lowest BCUT2D eigenvalue weighted by Crippen LogP contribution is -2.35. The van der Waals surface area contributed by atoms with E-state index in [1.54, 1.807) is 11.0 Å². The summed E-state index contributed by atoms with van der Waals surface area (Å²) in [6, 6.07) is 3.12. The van der Waals surface area contributed by atoms with Crippen LogP contribution in [0.4, 0.5) is 0 Å².